The van der Waals surface area contributed by atoms with Gasteiger partial charge in [-0.15, -0.1) is 21.5 Å². The van der Waals surface area contributed by atoms with Gasteiger partial charge in [-0.3, -0.25) is 4.57 Å². The zero-order valence-corrected chi connectivity index (χ0v) is 16.1. The quantitative estimate of drug-likeness (QED) is 0.406. The Balaban J connectivity index is 1.63. The lowest BCUT2D eigenvalue weighted by atomic mass is 10.2. The van der Waals surface area contributed by atoms with Gasteiger partial charge < -0.3 is 0 Å². The van der Waals surface area contributed by atoms with Crippen molar-refractivity contribution in [3.8, 4) is 10.7 Å². The molecule has 0 N–H and O–H groups in total. The molecular formula is C21H19N3S2. The predicted octanol–water partition coefficient (Wildman–Crippen LogP) is 5.66. The smallest absolute Gasteiger partial charge is 0.192 e. The minimum absolute atomic E-state index is 0.775. The van der Waals surface area contributed by atoms with E-state index in [0.29, 0.717) is 0 Å². The molecule has 0 atom stereocenters. The number of nitrogens with zero attached hydrogens (tertiary/aromatic N) is 3. The molecule has 2 aromatic carbocycles. The highest BCUT2D eigenvalue weighted by atomic mass is 32.2. The maximum absolute atomic E-state index is 4.49. The standard InChI is InChI=1S/C21H19N3S2/c1-16-7-5-10-18(13-16)15-26-21-23-22-20(19-11-6-12-25-19)24(21)14-17-8-3-2-4-9-17/h2-13H,14-15H2,1H3. The van der Waals surface area contributed by atoms with Gasteiger partial charge in [-0.05, 0) is 29.5 Å². The van der Waals surface area contributed by atoms with Crippen LogP contribution in [0.3, 0.4) is 0 Å². The molecule has 0 bridgehead atoms. The van der Waals surface area contributed by atoms with Gasteiger partial charge in [-0.2, -0.15) is 0 Å². The van der Waals surface area contributed by atoms with Crippen molar-refractivity contribution in [2.24, 2.45) is 0 Å². The van der Waals surface area contributed by atoms with Crippen LogP contribution in [0.5, 0.6) is 0 Å². The predicted molar refractivity (Wildman–Crippen MR) is 110 cm³/mol. The number of hydrogen-bond acceptors (Lipinski definition) is 4. The molecule has 4 aromatic rings. The van der Waals surface area contributed by atoms with E-state index in [1.807, 2.05) is 6.07 Å². The minimum Gasteiger partial charge on any atom is -0.297 e. The van der Waals surface area contributed by atoms with Gasteiger partial charge in [0.1, 0.15) is 0 Å². The van der Waals surface area contributed by atoms with Crippen molar-refractivity contribution in [1.29, 1.82) is 0 Å². The van der Waals surface area contributed by atoms with E-state index in [-0.39, 0.29) is 0 Å². The summed E-state index contributed by atoms with van der Waals surface area (Å²) in [6, 6.07) is 23.3. The Morgan fingerprint density at radius 3 is 2.54 bits per heavy atom. The third-order valence-corrected chi connectivity index (χ3v) is 6.00. The SMILES string of the molecule is Cc1cccc(CSc2nnc(-c3cccs3)n2Cc2ccccc2)c1. The van der Waals surface area contributed by atoms with Crippen molar-refractivity contribution in [2.75, 3.05) is 0 Å². The van der Waals surface area contributed by atoms with Crippen LogP contribution in [-0.4, -0.2) is 14.8 Å². The summed E-state index contributed by atoms with van der Waals surface area (Å²) in [6.07, 6.45) is 0. The van der Waals surface area contributed by atoms with Crippen molar-refractivity contribution in [1.82, 2.24) is 14.8 Å². The van der Waals surface area contributed by atoms with Crippen molar-refractivity contribution in [3.63, 3.8) is 0 Å². The van der Waals surface area contributed by atoms with Crippen LogP contribution in [0.2, 0.25) is 0 Å². The summed E-state index contributed by atoms with van der Waals surface area (Å²) in [5.41, 5.74) is 3.84. The molecule has 0 radical (unpaired) electrons. The molecule has 0 spiro atoms. The number of thiophene rings is 1. The van der Waals surface area contributed by atoms with Crippen molar-refractivity contribution in [2.45, 2.75) is 24.4 Å². The Bertz CT molecular complexity index is 976. The molecule has 5 heteroatoms. The van der Waals surface area contributed by atoms with E-state index in [1.165, 1.54) is 16.7 Å². The summed E-state index contributed by atoms with van der Waals surface area (Å²) >= 11 is 3.44. The van der Waals surface area contributed by atoms with Gasteiger partial charge in [0.2, 0.25) is 0 Å². The molecule has 0 aliphatic heterocycles. The van der Waals surface area contributed by atoms with E-state index < -0.39 is 0 Å². The van der Waals surface area contributed by atoms with Crippen LogP contribution in [0, 0.1) is 6.92 Å². The van der Waals surface area contributed by atoms with Crippen LogP contribution in [0.25, 0.3) is 10.7 Å². The molecule has 130 valence electrons. The number of thioether (sulfide) groups is 1. The van der Waals surface area contributed by atoms with Gasteiger partial charge in [-0.1, -0.05) is 78.0 Å². The van der Waals surface area contributed by atoms with E-state index in [4.69, 9.17) is 0 Å². The summed E-state index contributed by atoms with van der Waals surface area (Å²) in [4.78, 5) is 1.15. The fourth-order valence-electron chi connectivity index (χ4n) is 2.84. The first-order chi connectivity index (χ1) is 12.8. The molecule has 2 aromatic heterocycles. The molecule has 0 aliphatic carbocycles. The van der Waals surface area contributed by atoms with Gasteiger partial charge in [-0.25, -0.2) is 0 Å². The largest absolute Gasteiger partial charge is 0.297 e. The van der Waals surface area contributed by atoms with Gasteiger partial charge >= 0.3 is 0 Å². The van der Waals surface area contributed by atoms with Crippen molar-refractivity contribution < 1.29 is 0 Å². The molecule has 2 heterocycles. The molecule has 4 rings (SSSR count). The van der Waals surface area contributed by atoms with Crippen LogP contribution in [0.4, 0.5) is 0 Å². The molecule has 0 unspecified atom stereocenters. The lowest BCUT2D eigenvalue weighted by molar-refractivity contribution is 0.715. The number of aromatic nitrogens is 3. The molecule has 0 aliphatic rings. The van der Waals surface area contributed by atoms with Gasteiger partial charge in [0.15, 0.2) is 11.0 Å². The fraction of sp³-hybridized carbons (Fsp3) is 0.143. The topological polar surface area (TPSA) is 30.7 Å². The monoisotopic (exact) mass is 377 g/mol. The average molecular weight is 378 g/mol. The molecular weight excluding hydrogens is 358 g/mol. The van der Waals surface area contributed by atoms with Crippen LogP contribution in [0.15, 0.2) is 77.3 Å². The second kappa shape index (κ2) is 7.89. The maximum atomic E-state index is 4.49. The lowest BCUT2D eigenvalue weighted by Crippen LogP contribution is -2.03. The summed E-state index contributed by atoms with van der Waals surface area (Å²) in [5.74, 6) is 1.83. The minimum atomic E-state index is 0.775. The Morgan fingerprint density at radius 2 is 1.77 bits per heavy atom. The summed E-state index contributed by atoms with van der Waals surface area (Å²) < 4.78 is 2.22. The van der Waals surface area contributed by atoms with E-state index in [9.17, 15) is 0 Å². The Labute approximate surface area is 161 Å². The van der Waals surface area contributed by atoms with E-state index in [1.54, 1.807) is 23.1 Å². The molecule has 0 saturated heterocycles. The van der Waals surface area contributed by atoms with Crippen LogP contribution in [0.1, 0.15) is 16.7 Å². The summed E-state index contributed by atoms with van der Waals surface area (Å²) in [7, 11) is 0. The Hall–Kier alpha value is -2.37. The molecule has 0 saturated carbocycles. The highest BCUT2D eigenvalue weighted by molar-refractivity contribution is 7.98. The molecule has 26 heavy (non-hydrogen) atoms. The van der Waals surface area contributed by atoms with Crippen LogP contribution < -0.4 is 0 Å². The first kappa shape index (κ1) is 17.1. The maximum Gasteiger partial charge on any atom is 0.192 e. The highest BCUT2D eigenvalue weighted by Crippen LogP contribution is 2.29. The number of aryl methyl sites for hydroxylation is 1. The van der Waals surface area contributed by atoms with Gasteiger partial charge in [0.25, 0.3) is 0 Å². The van der Waals surface area contributed by atoms with Crippen LogP contribution >= 0.6 is 23.1 Å². The first-order valence-corrected chi connectivity index (χ1v) is 10.4. The number of hydrogen-bond donors (Lipinski definition) is 0. The third kappa shape index (κ3) is 3.89. The molecule has 0 fully saturated rings. The lowest BCUT2D eigenvalue weighted by Gasteiger charge is -2.10. The second-order valence-electron chi connectivity index (χ2n) is 6.13. The fourth-order valence-corrected chi connectivity index (χ4v) is 4.44. The first-order valence-electron chi connectivity index (χ1n) is 8.49. The van der Waals surface area contributed by atoms with Gasteiger partial charge in [0, 0.05) is 5.75 Å². The summed E-state index contributed by atoms with van der Waals surface area (Å²) in [6.45, 7) is 2.90. The zero-order valence-electron chi connectivity index (χ0n) is 14.5. The Kier molecular flexibility index (Phi) is 5.18. The second-order valence-corrected chi connectivity index (χ2v) is 8.02. The summed E-state index contributed by atoms with van der Waals surface area (Å²) in [5, 5.41) is 12.0. The van der Waals surface area contributed by atoms with Gasteiger partial charge in [0.05, 0.1) is 11.4 Å². The molecule has 3 nitrogen and oxygen atoms in total. The number of benzene rings is 2. The van der Waals surface area contributed by atoms with Crippen molar-refractivity contribution in [3.05, 3.63) is 88.8 Å². The Morgan fingerprint density at radius 1 is 0.923 bits per heavy atom. The van der Waals surface area contributed by atoms with Crippen LogP contribution in [-0.2, 0) is 12.3 Å². The highest BCUT2D eigenvalue weighted by Gasteiger charge is 2.15. The third-order valence-electron chi connectivity index (χ3n) is 4.09. The van der Waals surface area contributed by atoms with E-state index in [0.717, 1.165) is 28.2 Å². The zero-order chi connectivity index (χ0) is 17.8. The number of rotatable bonds is 6. The van der Waals surface area contributed by atoms with Crippen molar-refractivity contribution >= 4 is 23.1 Å². The van der Waals surface area contributed by atoms with E-state index in [2.05, 4.69) is 87.7 Å². The average Bonchev–Trinajstić information content (AvgIpc) is 3.31. The molecule has 0 amide bonds. The van der Waals surface area contributed by atoms with E-state index >= 15 is 0 Å². The normalized spacial score (nSPS) is 11.0.